The Labute approximate surface area is 138 Å². The normalized spacial score (nSPS) is 10.6. The summed E-state index contributed by atoms with van der Waals surface area (Å²) < 4.78 is 23.6. The van der Waals surface area contributed by atoms with Crippen LogP contribution < -0.4 is 0 Å². The van der Waals surface area contributed by atoms with Crippen molar-refractivity contribution >= 4 is 5.97 Å². The molecule has 0 saturated heterocycles. The predicted molar refractivity (Wildman–Crippen MR) is 84.7 cm³/mol. The van der Waals surface area contributed by atoms with E-state index in [1.807, 2.05) is 31.2 Å². The van der Waals surface area contributed by atoms with Crippen molar-refractivity contribution < 1.29 is 18.4 Å². The van der Waals surface area contributed by atoms with Crippen molar-refractivity contribution in [1.29, 1.82) is 0 Å². The average Bonchev–Trinajstić information content (AvgIpc) is 3.05. The van der Waals surface area contributed by atoms with E-state index in [1.165, 1.54) is 12.1 Å². The van der Waals surface area contributed by atoms with Gasteiger partial charge in [0.05, 0.1) is 5.56 Å². The van der Waals surface area contributed by atoms with Crippen molar-refractivity contribution in [1.82, 2.24) is 10.1 Å². The number of nitrogens with zero attached hydrogens (tertiary/aromatic N) is 2. The average molecular weight is 326 g/mol. The highest BCUT2D eigenvalue weighted by Crippen LogP contribution is 2.17. The molecule has 2 aromatic carbocycles. The van der Waals surface area contributed by atoms with E-state index in [4.69, 9.17) is 9.26 Å². The van der Waals surface area contributed by atoms with Crippen LogP contribution in [-0.2, 0) is 11.3 Å². The number of aryl methyl sites for hydroxylation is 2. The molecule has 0 spiro atoms. The second-order valence-corrected chi connectivity index (χ2v) is 5.42. The molecule has 6 heteroatoms. The van der Waals surface area contributed by atoms with E-state index < -0.39 is 11.8 Å². The van der Waals surface area contributed by atoms with Crippen LogP contribution in [0.2, 0.25) is 0 Å². The zero-order valence-corrected chi connectivity index (χ0v) is 13.2. The zero-order valence-electron chi connectivity index (χ0n) is 13.2. The number of hydrogen-bond acceptors (Lipinski definition) is 5. The van der Waals surface area contributed by atoms with Gasteiger partial charge in [0, 0.05) is 5.56 Å². The molecule has 1 aromatic heterocycles. The Balaban J connectivity index is 1.65. The Kier molecular flexibility index (Phi) is 4.37. The fourth-order valence-corrected chi connectivity index (χ4v) is 2.06. The van der Waals surface area contributed by atoms with Gasteiger partial charge in [-0.05, 0) is 31.5 Å². The summed E-state index contributed by atoms with van der Waals surface area (Å²) in [5.74, 6) is -0.512. The summed E-state index contributed by atoms with van der Waals surface area (Å²) in [6.07, 6.45) is 0. The van der Waals surface area contributed by atoms with Gasteiger partial charge >= 0.3 is 5.97 Å². The van der Waals surface area contributed by atoms with Gasteiger partial charge in [-0.3, -0.25) is 0 Å². The quantitative estimate of drug-likeness (QED) is 0.681. The van der Waals surface area contributed by atoms with Crippen molar-refractivity contribution in [2.75, 3.05) is 0 Å². The standard InChI is InChI=1S/C18H15FN2O3/c1-11-3-6-13(7-4-11)17-20-16(24-21-17)10-23-18(22)14-8-5-12(2)15(19)9-14/h3-9H,10H2,1-2H3. The Morgan fingerprint density at radius 3 is 2.62 bits per heavy atom. The van der Waals surface area contributed by atoms with E-state index in [0.717, 1.165) is 17.2 Å². The van der Waals surface area contributed by atoms with E-state index in [9.17, 15) is 9.18 Å². The molecule has 3 aromatic rings. The van der Waals surface area contributed by atoms with Crippen LogP contribution in [0.25, 0.3) is 11.4 Å². The number of hydrogen-bond donors (Lipinski definition) is 0. The molecule has 0 unspecified atom stereocenters. The van der Waals surface area contributed by atoms with Gasteiger partial charge < -0.3 is 9.26 Å². The molecular weight excluding hydrogens is 311 g/mol. The minimum Gasteiger partial charge on any atom is -0.452 e. The third-order valence-electron chi connectivity index (χ3n) is 3.51. The van der Waals surface area contributed by atoms with Gasteiger partial charge in [0.15, 0.2) is 6.61 Å². The van der Waals surface area contributed by atoms with Crippen LogP contribution in [0, 0.1) is 19.7 Å². The number of aromatic nitrogens is 2. The molecule has 0 saturated carbocycles. The SMILES string of the molecule is Cc1ccc(-c2noc(COC(=O)c3ccc(C)c(F)c3)n2)cc1. The molecule has 0 atom stereocenters. The lowest BCUT2D eigenvalue weighted by Gasteiger charge is -2.03. The summed E-state index contributed by atoms with van der Waals surface area (Å²) in [7, 11) is 0. The van der Waals surface area contributed by atoms with E-state index in [-0.39, 0.29) is 18.1 Å². The van der Waals surface area contributed by atoms with Crippen molar-refractivity contribution in [2.24, 2.45) is 0 Å². The molecule has 24 heavy (non-hydrogen) atoms. The van der Waals surface area contributed by atoms with Crippen LogP contribution >= 0.6 is 0 Å². The summed E-state index contributed by atoms with van der Waals surface area (Å²) in [5.41, 5.74) is 2.53. The minimum atomic E-state index is -0.649. The molecule has 0 bridgehead atoms. The second kappa shape index (κ2) is 6.62. The number of carbonyl (C=O) groups excluding carboxylic acids is 1. The fraction of sp³-hybridized carbons (Fsp3) is 0.167. The Morgan fingerprint density at radius 1 is 1.17 bits per heavy atom. The first-order valence-corrected chi connectivity index (χ1v) is 7.36. The van der Waals surface area contributed by atoms with Gasteiger partial charge in [0.1, 0.15) is 5.82 Å². The fourth-order valence-electron chi connectivity index (χ4n) is 2.06. The predicted octanol–water partition coefficient (Wildman–Crippen LogP) is 3.85. The molecule has 0 aliphatic carbocycles. The number of esters is 1. The Bertz CT molecular complexity index is 872. The Hall–Kier alpha value is -3.02. The molecule has 1 heterocycles. The lowest BCUT2D eigenvalue weighted by Crippen LogP contribution is -2.06. The molecule has 0 fully saturated rings. The maximum atomic E-state index is 13.5. The first-order valence-electron chi connectivity index (χ1n) is 7.36. The highest BCUT2D eigenvalue weighted by molar-refractivity contribution is 5.89. The van der Waals surface area contributed by atoms with Crippen molar-refractivity contribution in [2.45, 2.75) is 20.5 Å². The van der Waals surface area contributed by atoms with Crippen molar-refractivity contribution in [3.8, 4) is 11.4 Å². The largest absolute Gasteiger partial charge is 0.452 e. The molecule has 3 rings (SSSR count). The van der Waals surface area contributed by atoms with Crippen LogP contribution in [0.15, 0.2) is 47.0 Å². The smallest absolute Gasteiger partial charge is 0.338 e. The van der Waals surface area contributed by atoms with E-state index in [0.29, 0.717) is 11.4 Å². The van der Waals surface area contributed by atoms with E-state index >= 15 is 0 Å². The molecule has 0 radical (unpaired) electrons. The number of ether oxygens (including phenoxy) is 1. The summed E-state index contributed by atoms with van der Waals surface area (Å²) in [4.78, 5) is 16.1. The van der Waals surface area contributed by atoms with Crippen LogP contribution in [-0.4, -0.2) is 16.1 Å². The molecular formula is C18H15FN2O3. The third-order valence-corrected chi connectivity index (χ3v) is 3.51. The van der Waals surface area contributed by atoms with Crippen LogP contribution in [0.4, 0.5) is 4.39 Å². The first kappa shape index (κ1) is 15.9. The van der Waals surface area contributed by atoms with E-state index in [2.05, 4.69) is 10.1 Å². The Morgan fingerprint density at radius 2 is 1.92 bits per heavy atom. The van der Waals surface area contributed by atoms with Gasteiger partial charge in [0.25, 0.3) is 5.89 Å². The molecule has 0 N–H and O–H groups in total. The van der Waals surface area contributed by atoms with Crippen LogP contribution in [0.3, 0.4) is 0 Å². The third kappa shape index (κ3) is 3.48. The van der Waals surface area contributed by atoms with Gasteiger partial charge in [-0.1, -0.05) is 41.1 Å². The van der Waals surface area contributed by atoms with Crippen LogP contribution in [0.1, 0.15) is 27.4 Å². The maximum absolute atomic E-state index is 13.5. The molecule has 0 aliphatic rings. The minimum absolute atomic E-state index is 0.136. The first-order chi connectivity index (χ1) is 11.5. The lowest BCUT2D eigenvalue weighted by molar-refractivity contribution is 0.0429. The highest BCUT2D eigenvalue weighted by atomic mass is 19.1. The van der Waals surface area contributed by atoms with Crippen molar-refractivity contribution in [3.05, 3.63) is 70.9 Å². The number of carbonyl (C=O) groups is 1. The van der Waals surface area contributed by atoms with Gasteiger partial charge in [0.2, 0.25) is 5.82 Å². The van der Waals surface area contributed by atoms with E-state index in [1.54, 1.807) is 6.92 Å². The summed E-state index contributed by atoms with van der Waals surface area (Å²) in [6.45, 7) is 3.43. The molecule has 5 nitrogen and oxygen atoms in total. The maximum Gasteiger partial charge on any atom is 0.338 e. The second-order valence-electron chi connectivity index (χ2n) is 5.42. The summed E-state index contributed by atoms with van der Waals surface area (Å²) in [6, 6.07) is 11.8. The zero-order chi connectivity index (χ0) is 17.1. The topological polar surface area (TPSA) is 65.2 Å². The van der Waals surface area contributed by atoms with Crippen molar-refractivity contribution in [3.63, 3.8) is 0 Å². The van der Waals surface area contributed by atoms with Gasteiger partial charge in [-0.15, -0.1) is 0 Å². The number of benzene rings is 2. The number of rotatable bonds is 4. The van der Waals surface area contributed by atoms with Gasteiger partial charge in [-0.25, -0.2) is 9.18 Å². The monoisotopic (exact) mass is 326 g/mol. The molecule has 0 amide bonds. The summed E-state index contributed by atoms with van der Waals surface area (Å²) in [5, 5.41) is 3.86. The lowest BCUT2D eigenvalue weighted by atomic mass is 10.1. The van der Waals surface area contributed by atoms with Gasteiger partial charge in [-0.2, -0.15) is 4.98 Å². The highest BCUT2D eigenvalue weighted by Gasteiger charge is 2.13. The molecule has 0 aliphatic heterocycles. The van der Waals surface area contributed by atoms with Crippen LogP contribution in [0.5, 0.6) is 0 Å². The number of halogens is 1. The molecule has 122 valence electrons. The summed E-state index contributed by atoms with van der Waals surface area (Å²) >= 11 is 0.